The van der Waals surface area contributed by atoms with Crippen LogP contribution in [0.25, 0.3) is 0 Å². The summed E-state index contributed by atoms with van der Waals surface area (Å²) < 4.78 is 11.3. The van der Waals surface area contributed by atoms with E-state index in [1.54, 1.807) is 0 Å². The highest BCUT2D eigenvalue weighted by molar-refractivity contribution is 6.02. The van der Waals surface area contributed by atoms with Crippen molar-refractivity contribution in [2.45, 2.75) is 58.0 Å². The highest BCUT2D eigenvalue weighted by atomic mass is 16.5. The molecule has 0 radical (unpaired) electrons. The number of allylic oxidation sites excluding steroid dienone is 2. The number of hydrogen-bond acceptors (Lipinski definition) is 4. The maximum absolute atomic E-state index is 13.3. The first-order chi connectivity index (χ1) is 14.9. The van der Waals surface area contributed by atoms with E-state index >= 15 is 0 Å². The predicted octanol–water partition coefficient (Wildman–Crippen LogP) is 4.88. The smallest absolute Gasteiger partial charge is 0.225 e. The SMILES string of the molecule is CCOc1cccc(C2CC(=O)NC3=C2C(=O)CC(c2ccc(OC(C)C)cc2)C3)c1. The highest BCUT2D eigenvalue weighted by Gasteiger charge is 2.38. The van der Waals surface area contributed by atoms with Crippen LogP contribution in [0.15, 0.2) is 59.8 Å². The van der Waals surface area contributed by atoms with E-state index in [0.29, 0.717) is 19.4 Å². The molecule has 31 heavy (non-hydrogen) atoms. The minimum absolute atomic E-state index is 0.0419. The van der Waals surface area contributed by atoms with Crippen LogP contribution in [0.4, 0.5) is 0 Å². The Labute approximate surface area is 183 Å². The maximum atomic E-state index is 13.3. The molecule has 5 heteroatoms. The summed E-state index contributed by atoms with van der Waals surface area (Å²) in [7, 11) is 0. The fraction of sp³-hybridized carbons (Fsp3) is 0.385. The number of Topliss-reactive ketones (excluding diaryl/α,β-unsaturated/α-hetero) is 1. The standard InChI is InChI=1S/C26H29NO4/c1-4-30-21-7-5-6-18(12-21)22-15-25(29)27-23-13-19(14-24(28)26(22)23)17-8-10-20(11-9-17)31-16(2)3/h5-12,16,19,22H,4,13-15H2,1-3H3,(H,27,29). The van der Waals surface area contributed by atoms with Gasteiger partial charge in [0.1, 0.15) is 11.5 Å². The van der Waals surface area contributed by atoms with Crippen molar-refractivity contribution in [3.63, 3.8) is 0 Å². The number of rotatable bonds is 6. The first-order valence-electron chi connectivity index (χ1n) is 11.0. The highest BCUT2D eigenvalue weighted by Crippen LogP contribution is 2.43. The predicted molar refractivity (Wildman–Crippen MR) is 119 cm³/mol. The second-order valence-electron chi connectivity index (χ2n) is 8.47. The lowest BCUT2D eigenvalue weighted by Crippen LogP contribution is -2.38. The molecule has 1 heterocycles. The number of nitrogens with one attached hydrogen (secondary N) is 1. The van der Waals surface area contributed by atoms with Crippen LogP contribution in [0.3, 0.4) is 0 Å². The largest absolute Gasteiger partial charge is 0.494 e. The second-order valence-corrected chi connectivity index (χ2v) is 8.47. The molecule has 0 bridgehead atoms. The van der Waals surface area contributed by atoms with Gasteiger partial charge in [-0.2, -0.15) is 0 Å². The maximum Gasteiger partial charge on any atom is 0.225 e. The van der Waals surface area contributed by atoms with Gasteiger partial charge >= 0.3 is 0 Å². The number of ketones is 1. The molecule has 0 fully saturated rings. The molecule has 2 aliphatic rings. The van der Waals surface area contributed by atoms with Crippen LogP contribution >= 0.6 is 0 Å². The zero-order chi connectivity index (χ0) is 22.0. The summed E-state index contributed by atoms with van der Waals surface area (Å²) in [4.78, 5) is 25.8. The normalized spacial score (nSPS) is 21.0. The Bertz CT molecular complexity index is 1010. The van der Waals surface area contributed by atoms with Gasteiger partial charge in [-0.15, -0.1) is 0 Å². The zero-order valence-electron chi connectivity index (χ0n) is 18.3. The number of carbonyl (C=O) groups is 2. The van der Waals surface area contributed by atoms with Crippen LogP contribution in [-0.4, -0.2) is 24.4 Å². The fourth-order valence-electron chi connectivity index (χ4n) is 4.56. The Balaban J connectivity index is 1.61. The third-order valence-corrected chi connectivity index (χ3v) is 5.83. The van der Waals surface area contributed by atoms with Crippen molar-refractivity contribution in [3.05, 3.63) is 70.9 Å². The van der Waals surface area contributed by atoms with E-state index in [9.17, 15) is 9.59 Å². The molecule has 1 amide bonds. The van der Waals surface area contributed by atoms with Gasteiger partial charge in [0.2, 0.25) is 5.91 Å². The average Bonchev–Trinajstić information content (AvgIpc) is 2.73. The van der Waals surface area contributed by atoms with Gasteiger partial charge in [0.25, 0.3) is 0 Å². The number of hydrogen-bond donors (Lipinski definition) is 1. The molecule has 2 aromatic rings. The van der Waals surface area contributed by atoms with E-state index in [2.05, 4.69) is 5.32 Å². The Morgan fingerprint density at radius 3 is 2.45 bits per heavy atom. The molecule has 2 aromatic carbocycles. The first kappa shape index (κ1) is 21.2. The Kier molecular flexibility index (Phi) is 6.12. The van der Waals surface area contributed by atoms with Gasteiger partial charge in [0.05, 0.1) is 12.7 Å². The summed E-state index contributed by atoms with van der Waals surface area (Å²) in [5.74, 6) is 1.48. The third-order valence-electron chi connectivity index (χ3n) is 5.83. The van der Waals surface area contributed by atoms with Crippen molar-refractivity contribution in [2.24, 2.45) is 0 Å². The lowest BCUT2D eigenvalue weighted by Gasteiger charge is -2.34. The molecule has 0 spiro atoms. The van der Waals surface area contributed by atoms with E-state index in [0.717, 1.165) is 33.9 Å². The molecular weight excluding hydrogens is 390 g/mol. The first-order valence-corrected chi connectivity index (χ1v) is 11.0. The van der Waals surface area contributed by atoms with Crippen molar-refractivity contribution < 1.29 is 19.1 Å². The molecule has 1 aliphatic carbocycles. The van der Waals surface area contributed by atoms with Gasteiger partial charge in [0.15, 0.2) is 5.78 Å². The molecule has 0 aromatic heterocycles. The van der Waals surface area contributed by atoms with Crippen LogP contribution in [0.1, 0.15) is 63.0 Å². The molecule has 0 saturated carbocycles. The van der Waals surface area contributed by atoms with Crippen LogP contribution < -0.4 is 14.8 Å². The molecule has 2 unspecified atom stereocenters. The summed E-state index contributed by atoms with van der Waals surface area (Å²) in [5.41, 5.74) is 3.57. The zero-order valence-corrected chi connectivity index (χ0v) is 18.3. The van der Waals surface area contributed by atoms with Crippen LogP contribution in [0.5, 0.6) is 11.5 Å². The van der Waals surface area contributed by atoms with Crippen molar-refractivity contribution in [2.75, 3.05) is 6.61 Å². The van der Waals surface area contributed by atoms with E-state index in [1.807, 2.05) is 69.3 Å². The van der Waals surface area contributed by atoms with Gasteiger partial charge in [0, 0.05) is 30.0 Å². The summed E-state index contributed by atoms with van der Waals surface area (Å²) in [6.07, 6.45) is 1.50. The van der Waals surface area contributed by atoms with Crippen molar-refractivity contribution in [1.29, 1.82) is 0 Å². The summed E-state index contributed by atoms with van der Waals surface area (Å²) in [5, 5.41) is 2.99. The Morgan fingerprint density at radius 2 is 1.74 bits per heavy atom. The lowest BCUT2D eigenvalue weighted by atomic mass is 9.73. The summed E-state index contributed by atoms with van der Waals surface area (Å²) >= 11 is 0. The van der Waals surface area contributed by atoms with Crippen molar-refractivity contribution >= 4 is 11.7 Å². The van der Waals surface area contributed by atoms with Gasteiger partial charge in [-0.25, -0.2) is 0 Å². The molecule has 2 atom stereocenters. The number of carbonyl (C=O) groups excluding carboxylic acids is 2. The molecule has 0 saturated heterocycles. The number of amides is 1. The van der Waals surface area contributed by atoms with E-state index < -0.39 is 0 Å². The lowest BCUT2D eigenvalue weighted by molar-refractivity contribution is -0.122. The fourth-order valence-corrected chi connectivity index (χ4v) is 4.56. The average molecular weight is 420 g/mol. The minimum atomic E-state index is -0.223. The quantitative estimate of drug-likeness (QED) is 0.725. The van der Waals surface area contributed by atoms with E-state index in [4.69, 9.17) is 9.47 Å². The molecular formula is C26H29NO4. The van der Waals surface area contributed by atoms with Gasteiger partial charge < -0.3 is 14.8 Å². The third kappa shape index (κ3) is 4.66. The molecule has 4 rings (SSSR count). The second kappa shape index (κ2) is 8.96. The molecule has 1 N–H and O–H groups in total. The minimum Gasteiger partial charge on any atom is -0.494 e. The Hall–Kier alpha value is -3.08. The van der Waals surface area contributed by atoms with Crippen LogP contribution in [-0.2, 0) is 9.59 Å². The van der Waals surface area contributed by atoms with Crippen LogP contribution in [0.2, 0.25) is 0 Å². The topological polar surface area (TPSA) is 64.6 Å². The van der Waals surface area contributed by atoms with Crippen molar-refractivity contribution in [3.8, 4) is 11.5 Å². The van der Waals surface area contributed by atoms with Gasteiger partial charge in [-0.1, -0.05) is 24.3 Å². The molecule has 1 aliphatic heterocycles. The van der Waals surface area contributed by atoms with Crippen molar-refractivity contribution in [1.82, 2.24) is 5.32 Å². The number of benzene rings is 2. The number of ether oxygens (including phenoxy) is 2. The summed E-state index contributed by atoms with van der Waals surface area (Å²) in [6.45, 7) is 6.50. The van der Waals surface area contributed by atoms with E-state index in [-0.39, 0.29) is 36.1 Å². The molecule has 162 valence electrons. The van der Waals surface area contributed by atoms with Gasteiger partial charge in [-0.05, 0) is 68.5 Å². The van der Waals surface area contributed by atoms with Crippen LogP contribution in [0, 0.1) is 0 Å². The summed E-state index contributed by atoms with van der Waals surface area (Å²) in [6, 6.07) is 15.7. The monoisotopic (exact) mass is 419 g/mol. The van der Waals surface area contributed by atoms with E-state index in [1.165, 1.54) is 0 Å². The van der Waals surface area contributed by atoms with Gasteiger partial charge in [-0.3, -0.25) is 9.59 Å². The Morgan fingerprint density at radius 1 is 0.968 bits per heavy atom. The molecule has 5 nitrogen and oxygen atoms in total.